The van der Waals surface area contributed by atoms with Crippen molar-refractivity contribution in [2.75, 3.05) is 0 Å². The van der Waals surface area contributed by atoms with Gasteiger partial charge in [-0.05, 0) is 49.1 Å². The van der Waals surface area contributed by atoms with Crippen molar-refractivity contribution in [3.05, 3.63) is 58.5 Å². The van der Waals surface area contributed by atoms with Crippen molar-refractivity contribution < 1.29 is 0 Å². The minimum Gasteiger partial charge on any atom is -0.191 e. The number of fused-ring (bicyclic) bond motifs is 4. The molecule has 4 aromatic rings. The topological polar surface area (TPSA) is 43.1 Å². The van der Waals surface area contributed by atoms with Crippen LogP contribution in [0.3, 0.4) is 0 Å². The van der Waals surface area contributed by atoms with Gasteiger partial charge in [-0.15, -0.1) is 21.5 Å². The van der Waals surface area contributed by atoms with Crippen LogP contribution in [-0.4, -0.2) is 19.8 Å². The highest BCUT2D eigenvalue weighted by atomic mass is 32.1. The second kappa shape index (κ2) is 4.73. The van der Waals surface area contributed by atoms with Gasteiger partial charge in [0.2, 0.25) is 0 Å². The molecule has 3 aromatic heterocycles. The van der Waals surface area contributed by atoms with E-state index in [0.717, 1.165) is 34.9 Å². The van der Waals surface area contributed by atoms with Crippen LogP contribution >= 0.6 is 11.3 Å². The first-order chi connectivity index (χ1) is 11.3. The zero-order valence-electron chi connectivity index (χ0n) is 12.7. The van der Waals surface area contributed by atoms with E-state index in [1.165, 1.54) is 21.6 Å². The Morgan fingerprint density at radius 1 is 1.00 bits per heavy atom. The average Bonchev–Trinajstić information content (AvgIpc) is 3.18. The van der Waals surface area contributed by atoms with Gasteiger partial charge in [0, 0.05) is 10.4 Å². The largest absolute Gasteiger partial charge is 0.195 e. The first-order valence-electron chi connectivity index (χ1n) is 7.70. The molecule has 1 aliphatic rings. The SMILES string of the molecule is Cc1ccc(-c2nnc3cc4c(nn23)-c2ccccc2CC4)s1. The third-order valence-corrected chi connectivity index (χ3v) is 5.37. The second-order valence-corrected chi connectivity index (χ2v) is 7.17. The molecule has 0 unspecified atom stereocenters. The third kappa shape index (κ3) is 1.93. The smallest absolute Gasteiger partial charge is 0.191 e. The van der Waals surface area contributed by atoms with Crippen LogP contribution < -0.4 is 0 Å². The van der Waals surface area contributed by atoms with Gasteiger partial charge < -0.3 is 0 Å². The lowest BCUT2D eigenvalue weighted by molar-refractivity contribution is 0.872. The van der Waals surface area contributed by atoms with Crippen LogP contribution in [0.4, 0.5) is 0 Å². The fraction of sp³-hybridized carbons (Fsp3) is 0.167. The maximum atomic E-state index is 4.90. The normalized spacial score (nSPS) is 13.1. The lowest BCUT2D eigenvalue weighted by atomic mass is 9.89. The number of thiophene rings is 1. The van der Waals surface area contributed by atoms with E-state index in [9.17, 15) is 0 Å². The fourth-order valence-electron chi connectivity index (χ4n) is 3.23. The third-order valence-electron chi connectivity index (χ3n) is 4.37. The Morgan fingerprint density at radius 2 is 1.87 bits per heavy atom. The molecule has 0 saturated carbocycles. The molecule has 5 rings (SSSR count). The Hall–Kier alpha value is -2.53. The van der Waals surface area contributed by atoms with Crippen LogP contribution in [0.1, 0.15) is 16.0 Å². The predicted molar refractivity (Wildman–Crippen MR) is 91.7 cm³/mol. The van der Waals surface area contributed by atoms with Crippen molar-refractivity contribution in [1.29, 1.82) is 0 Å². The number of hydrogen-bond donors (Lipinski definition) is 0. The molecule has 0 fully saturated rings. The summed E-state index contributed by atoms with van der Waals surface area (Å²) in [5, 5.41) is 13.6. The Kier molecular flexibility index (Phi) is 2.67. The van der Waals surface area contributed by atoms with E-state index in [-0.39, 0.29) is 0 Å². The maximum absolute atomic E-state index is 4.90. The molecule has 112 valence electrons. The van der Waals surface area contributed by atoms with Gasteiger partial charge in [-0.3, -0.25) is 0 Å². The quantitative estimate of drug-likeness (QED) is 0.534. The molecule has 23 heavy (non-hydrogen) atoms. The van der Waals surface area contributed by atoms with Crippen molar-refractivity contribution >= 4 is 17.0 Å². The number of benzene rings is 1. The molecule has 0 atom stereocenters. The number of aryl methyl sites for hydroxylation is 3. The van der Waals surface area contributed by atoms with Crippen LogP contribution in [0.2, 0.25) is 0 Å². The first-order valence-corrected chi connectivity index (χ1v) is 8.52. The minimum absolute atomic E-state index is 0.823. The van der Waals surface area contributed by atoms with Crippen LogP contribution in [0, 0.1) is 6.92 Å². The van der Waals surface area contributed by atoms with Crippen LogP contribution in [0.5, 0.6) is 0 Å². The van der Waals surface area contributed by atoms with Gasteiger partial charge in [-0.2, -0.15) is 9.61 Å². The summed E-state index contributed by atoms with van der Waals surface area (Å²) >= 11 is 1.72. The molecule has 3 heterocycles. The number of nitrogens with zero attached hydrogens (tertiary/aromatic N) is 4. The Balaban J connectivity index is 1.78. The summed E-state index contributed by atoms with van der Waals surface area (Å²) in [5.41, 5.74) is 5.75. The summed E-state index contributed by atoms with van der Waals surface area (Å²) in [5.74, 6) is 0.823. The highest BCUT2D eigenvalue weighted by Crippen LogP contribution is 2.33. The van der Waals surface area contributed by atoms with E-state index >= 15 is 0 Å². The Labute approximate surface area is 137 Å². The monoisotopic (exact) mass is 318 g/mol. The predicted octanol–water partition coefficient (Wildman–Crippen LogP) is 3.93. The molecule has 0 aliphatic heterocycles. The molecule has 0 N–H and O–H groups in total. The van der Waals surface area contributed by atoms with E-state index < -0.39 is 0 Å². The van der Waals surface area contributed by atoms with Gasteiger partial charge >= 0.3 is 0 Å². The van der Waals surface area contributed by atoms with E-state index in [0.29, 0.717) is 0 Å². The summed E-state index contributed by atoms with van der Waals surface area (Å²) in [4.78, 5) is 2.37. The van der Waals surface area contributed by atoms with Crippen molar-refractivity contribution in [3.63, 3.8) is 0 Å². The summed E-state index contributed by atoms with van der Waals surface area (Å²) in [6.07, 6.45) is 2.07. The van der Waals surface area contributed by atoms with Gasteiger partial charge in [0.25, 0.3) is 0 Å². The lowest BCUT2D eigenvalue weighted by Gasteiger charge is -2.18. The molecule has 0 radical (unpaired) electrons. The van der Waals surface area contributed by atoms with Gasteiger partial charge in [0.1, 0.15) is 0 Å². The summed E-state index contributed by atoms with van der Waals surface area (Å²) in [7, 11) is 0. The van der Waals surface area contributed by atoms with Crippen LogP contribution in [-0.2, 0) is 12.8 Å². The van der Waals surface area contributed by atoms with Gasteiger partial charge in [-0.25, -0.2) is 0 Å². The van der Waals surface area contributed by atoms with Gasteiger partial charge in [0.05, 0.1) is 10.6 Å². The highest BCUT2D eigenvalue weighted by molar-refractivity contribution is 7.15. The zero-order chi connectivity index (χ0) is 15.4. The molecular formula is C18H14N4S. The molecule has 0 amide bonds. The number of aromatic nitrogens is 4. The summed E-state index contributed by atoms with van der Waals surface area (Å²) in [6.45, 7) is 2.10. The van der Waals surface area contributed by atoms with E-state index in [4.69, 9.17) is 5.10 Å². The van der Waals surface area contributed by atoms with Crippen molar-refractivity contribution in [2.45, 2.75) is 19.8 Å². The lowest BCUT2D eigenvalue weighted by Crippen LogP contribution is -2.08. The molecule has 1 aliphatic carbocycles. The zero-order valence-corrected chi connectivity index (χ0v) is 13.5. The van der Waals surface area contributed by atoms with Crippen molar-refractivity contribution in [1.82, 2.24) is 19.8 Å². The Bertz CT molecular complexity index is 1040. The fourth-order valence-corrected chi connectivity index (χ4v) is 4.07. The van der Waals surface area contributed by atoms with Gasteiger partial charge in [-0.1, -0.05) is 24.3 Å². The molecule has 0 spiro atoms. The van der Waals surface area contributed by atoms with Gasteiger partial charge in [0.15, 0.2) is 11.5 Å². The molecule has 5 heteroatoms. The van der Waals surface area contributed by atoms with E-state index in [1.807, 2.05) is 4.52 Å². The standard InChI is InChI=1S/C18H14N4S/c1-11-6-9-15(23-11)18-20-19-16-10-13-8-7-12-4-2-3-5-14(12)17(13)21-22(16)18/h2-6,9-10H,7-8H2,1H3. The van der Waals surface area contributed by atoms with Crippen LogP contribution in [0.15, 0.2) is 42.5 Å². The summed E-state index contributed by atoms with van der Waals surface area (Å²) in [6, 6.07) is 14.9. The minimum atomic E-state index is 0.823. The number of rotatable bonds is 1. The molecule has 4 nitrogen and oxygen atoms in total. The van der Waals surface area contributed by atoms with E-state index in [2.05, 4.69) is 59.6 Å². The molecule has 0 bridgehead atoms. The van der Waals surface area contributed by atoms with Crippen molar-refractivity contribution in [2.24, 2.45) is 0 Å². The molecule has 0 saturated heterocycles. The van der Waals surface area contributed by atoms with E-state index in [1.54, 1.807) is 11.3 Å². The molecular weight excluding hydrogens is 304 g/mol. The molecule has 1 aromatic carbocycles. The highest BCUT2D eigenvalue weighted by Gasteiger charge is 2.20. The summed E-state index contributed by atoms with van der Waals surface area (Å²) < 4.78 is 1.88. The van der Waals surface area contributed by atoms with Crippen LogP contribution in [0.25, 0.3) is 27.6 Å². The Morgan fingerprint density at radius 3 is 2.74 bits per heavy atom. The second-order valence-electron chi connectivity index (χ2n) is 5.88. The van der Waals surface area contributed by atoms with Crippen molar-refractivity contribution in [3.8, 4) is 22.0 Å². The maximum Gasteiger partial charge on any atom is 0.195 e. The first kappa shape index (κ1) is 13.0. The number of hydrogen-bond acceptors (Lipinski definition) is 4. The average molecular weight is 318 g/mol.